The van der Waals surface area contributed by atoms with Crippen molar-refractivity contribution >= 4 is 0 Å². The van der Waals surface area contributed by atoms with Crippen LogP contribution in [-0.4, -0.2) is 59.8 Å². The number of aryl methyl sites for hydroxylation is 1. The minimum absolute atomic E-state index is 0.0933. The second kappa shape index (κ2) is 7.43. The zero-order chi connectivity index (χ0) is 14.5. The molecule has 0 aromatic carbocycles. The summed E-state index contributed by atoms with van der Waals surface area (Å²) in [7, 11) is 0. The Labute approximate surface area is 127 Å². The number of aliphatic hydroxyl groups is 1. The maximum Gasteiger partial charge on any atom is 0.103 e. The van der Waals surface area contributed by atoms with Gasteiger partial charge in [0.05, 0.1) is 12.4 Å². The molecule has 21 heavy (non-hydrogen) atoms. The largest absolute Gasteiger partial charge is 0.469 e. The van der Waals surface area contributed by atoms with Crippen molar-refractivity contribution in [1.82, 2.24) is 9.80 Å². The average Bonchev–Trinajstić information content (AvgIpc) is 3.02. The van der Waals surface area contributed by atoms with E-state index in [0.717, 1.165) is 51.3 Å². The fraction of sp³-hybridized carbons (Fsp3) is 0.765. The van der Waals surface area contributed by atoms with Crippen molar-refractivity contribution in [2.24, 2.45) is 0 Å². The predicted octanol–water partition coefficient (Wildman–Crippen LogP) is 2.13. The number of furan rings is 1. The molecule has 4 nitrogen and oxygen atoms in total. The van der Waals surface area contributed by atoms with Gasteiger partial charge in [0.15, 0.2) is 0 Å². The predicted molar refractivity (Wildman–Crippen MR) is 83.3 cm³/mol. The standard InChI is InChI=1S/C17H28N2O2/c20-17-8-2-1-7-16(17)19-12-10-18(11-13-19)9-3-5-15-6-4-14-21-15/h4,6,14,16-17,20H,1-3,5,7-13H2/t16-,17-/m0/s1. The van der Waals surface area contributed by atoms with E-state index in [4.69, 9.17) is 4.42 Å². The first-order chi connectivity index (χ1) is 10.3. The quantitative estimate of drug-likeness (QED) is 0.902. The first-order valence-corrected chi connectivity index (χ1v) is 8.50. The third-order valence-electron chi connectivity index (χ3n) is 5.05. The molecule has 4 heteroatoms. The molecule has 0 amide bonds. The van der Waals surface area contributed by atoms with Gasteiger partial charge in [-0.05, 0) is 37.9 Å². The van der Waals surface area contributed by atoms with E-state index in [9.17, 15) is 5.11 Å². The molecule has 1 saturated heterocycles. The van der Waals surface area contributed by atoms with Crippen LogP contribution in [-0.2, 0) is 6.42 Å². The topological polar surface area (TPSA) is 39.9 Å². The molecule has 3 rings (SSSR count). The highest BCUT2D eigenvalue weighted by atomic mass is 16.3. The van der Waals surface area contributed by atoms with Gasteiger partial charge in [0, 0.05) is 38.6 Å². The van der Waals surface area contributed by atoms with Crippen LogP contribution in [0.4, 0.5) is 0 Å². The minimum atomic E-state index is -0.0933. The van der Waals surface area contributed by atoms with E-state index in [2.05, 4.69) is 15.9 Å². The molecule has 1 N–H and O–H groups in total. The van der Waals surface area contributed by atoms with Gasteiger partial charge in [-0.15, -0.1) is 0 Å². The monoisotopic (exact) mass is 292 g/mol. The number of hydrogen-bond donors (Lipinski definition) is 1. The van der Waals surface area contributed by atoms with Gasteiger partial charge in [0.25, 0.3) is 0 Å². The van der Waals surface area contributed by atoms with Gasteiger partial charge < -0.3 is 14.4 Å². The van der Waals surface area contributed by atoms with Gasteiger partial charge in [0.1, 0.15) is 5.76 Å². The van der Waals surface area contributed by atoms with Crippen molar-refractivity contribution in [3.05, 3.63) is 24.2 Å². The van der Waals surface area contributed by atoms with Crippen LogP contribution in [0.15, 0.2) is 22.8 Å². The third kappa shape index (κ3) is 4.09. The van der Waals surface area contributed by atoms with Crippen molar-refractivity contribution < 1.29 is 9.52 Å². The van der Waals surface area contributed by atoms with E-state index in [1.54, 1.807) is 6.26 Å². The Balaban J connectivity index is 1.36. The van der Waals surface area contributed by atoms with Crippen LogP contribution >= 0.6 is 0 Å². The lowest BCUT2D eigenvalue weighted by molar-refractivity contribution is -0.00362. The highest BCUT2D eigenvalue weighted by Crippen LogP contribution is 2.24. The molecule has 118 valence electrons. The van der Waals surface area contributed by atoms with Gasteiger partial charge in [0.2, 0.25) is 0 Å². The van der Waals surface area contributed by atoms with Crippen LogP contribution in [0.2, 0.25) is 0 Å². The van der Waals surface area contributed by atoms with Crippen molar-refractivity contribution in [2.45, 2.75) is 50.7 Å². The summed E-state index contributed by atoms with van der Waals surface area (Å²) < 4.78 is 5.38. The summed E-state index contributed by atoms with van der Waals surface area (Å²) in [6, 6.07) is 4.44. The Morgan fingerprint density at radius 3 is 2.67 bits per heavy atom. The second-order valence-corrected chi connectivity index (χ2v) is 6.48. The molecule has 0 bridgehead atoms. The summed E-state index contributed by atoms with van der Waals surface area (Å²) in [5.41, 5.74) is 0. The van der Waals surface area contributed by atoms with Crippen LogP contribution < -0.4 is 0 Å². The molecule has 2 aliphatic rings. The van der Waals surface area contributed by atoms with E-state index >= 15 is 0 Å². The summed E-state index contributed by atoms with van der Waals surface area (Å²) in [4.78, 5) is 5.07. The van der Waals surface area contributed by atoms with Gasteiger partial charge in [-0.2, -0.15) is 0 Å². The molecule has 1 aromatic heterocycles. The summed E-state index contributed by atoms with van der Waals surface area (Å²) in [5.74, 6) is 1.10. The van der Waals surface area contributed by atoms with Crippen molar-refractivity contribution in [2.75, 3.05) is 32.7 Å². The molecule has 1 aliphatic heterocycles. The molecule has 2 heterocycles. The SMILES string of the molecule is O[C@H]1CCCC[C@@H]1N1CCN(CCCc2ccco2)CC1. The number of nitrogens with zero attached hydrogens (tertiary/aromatic N) is 2. The molecular weight excluding hydrogens is 264 g/mol. The van der Waals surface area contributed by atoms with E-state index < -0.39 is 0 Å². The number of hydrogen-bond acceptors (Lipinski definition) is 4. The summed E-state index contributed by atoms with van der Waals surface area (Å²) >= 11 is 0. The van der Waals surface area contributed by atoms with E-state index in [0.29, 0.717) is 6.04 Å². The van der Waals surface area contributed by atoms with E-state index in [-0.39, 0.29) is 6.10 Å². The maximum absolute atomic E-state index is 10.2. The first-order valence-electron chi connectivity index (χ1n) is 8.50. The number of rotatable bonds is 5. The van der Waals surface area contributed by atoms with Crippen LogP contribution in [0, 0.1) is 0 Å². The Kier molecular flexibility index (Phi) is 5.33. The molecule has 1 aromatic rings. The average molecular weight is 292 g/mol. The minimum Gasteiger partial charge on any atom is -0.469 e. The Morgan fingerprint density at radius 2 is 1.95 bits per heavy atom. The van der Waals surface area contributed by atoms with Crippen molar-refractivity contribution in [3.63, 3.8) is 0 Å². The zero-order valence-corrected chi connectivity index (χ0v) is 12.9. The fourth-order valence-corrected chi connectivity index (χ4v) is 3.77. The fourth-order valence-electron chi connectivity index (χ4n) is 3.77. The van der Waals surface area contributed by atoms with Crippen LogP contribution in [0.3, 0.4) is 0 Å². The summed E-state index contributed by atoms with van der Waals surface area (Å²) in [6.45, 7) is 5.66. The second-order valence-electron chi connectivity index (χ2n) is 6.48. The highest BCUT2D eigenvalue weighted by Gasteiger charge is 2.30. The molecule has 2 fully saturated rings. The first kappa shape index (κ1) is 15.1. The van der Waals surface area contributed by atoms with Crippen molar-refractivity contribution in [3.8, 4) is 0 Å². The van der Waals surface area contributed by atoms with Crippen LogP contribution in [0.25, 0.3) is 0 Å². The normalized spacial score (nSPS) is 28.8. The Bertz CT molecular complexity index is 399. The van der Waals surface area contributed by atoms with Gasteiger partial charge in [-0.3, -0.25) is 4.90 Å². The molecule has 1 aliphatic carbocycles. The molecule has 0 spiro atoms. The lowest BCUT2D eigenvalue weighted by Crippen LogP contribution is -2.54. The maximum atomic E-state index is 10.2. The lowest BCUT2D eigenvalue weighted by atomic mass is 9.91. The summed E-state index contributed by atoms with van der Waals surface area (Å²) in [5, 5.41) is 10.2. The van der Waals surface area contributed by atoms with E-state index in [1.165, 1.54) is 25.7 Å². The molecule has 0 radical (unpaired) electrons. The van der Waals surface area contributed by atoms with Crippen LogP contribution in [0.5, 0.6) is 0 Å². The molecular formula is C17H28N2O2. The smallest absolute Gasteiger partial charge is 0.103 e. The lowest BCUT2D eigenvalue weighted by Gasteiger charge is -2.42. The van der Waals surface area contributed by atoms with Gasteiger partial charge >= 0.3 is 0 Å². The molecule has 1 saturated carbocycles. The van der Waals surface area contributed by atoms with Gasteiger partial charge in [-0.25, -0.2) is 0 Å². The third-order valence-corrected chi connectivity index (χ3v) is 5.05. The van der Waals surface area contributed by atoms with E-state index in [1.807, 2.05) is 6.07 Å². The van der Waals surface area contributed by atoms with Gasteiger partial charge in [-0.1, -0.05) is 12.8 Å². The number of piperazine rings is 1. The molecule has 2 atom stereocenters. The Hall–Kier alpha value is -0.840. The van der Waals surface area contributed by atoms with Crippen LogP contribution in [0.1, 0.15) is 37.9 Å². The number of aliphatic hydroxyl groups excluding tert-OH is 1. The van der Waals surface area contributed by atoms with Crippen molar-refractivity contribution in [1.29, 1.82) is 0 Å². The Morgan fingerprint density at radius 1 is 1.14 bits per heavy atom. The molecule has 0 unspecified atom stereocenters. The zero-order valence-electron chi connectivity index (χ0n) is 12.9. The summed E-state index contributed by atoms with van der Waals surface area (Å²) in [6.07, 6.45) is 8.52. The highest BCUT2D eigenvalue weighted by molar-refractivity contribution is 4.98.